The first-order valence-electron chi connectivity index (χ1n) is 9.41. The topological polar surface area (TPSA) is 77.0 Å². The van der Waals surface area contributed by atoms with E-state index >= 15 is 0 Å². The number of rotatable bonds is 8. The summed E-state index contributed by atoms with van der Waals surface area (Å²) < 4.78 is 5.47. The van der Waals surface area contributed by atoms with E-state index in [1.54, 1.807) is 0 Å². The first kappa shape index (κ1) is 20.4. The summed E-state index contributed by atoms with van der Waals surface area (Å²) in [5, 5.41) is 13.5. The number of aromatic nitrogens is 3. The van der Waals surface area contributed by atoms with Crippen LogP contribution in [0.3, 0.4) is 0 Å². The van der Waals surface area contributed by atoms with Crippen molar-refractivity contribution in [2.24, 2.45) is 0 Å². The lowest BCUT2D eigenvalue weighted by molar-refractivity contribution is 0.102. The summed E-state index contributed by atoms with van der Waals surface area (Å²) >= 11 is 2.82. The maximum absolute atomic E-state index is 12.7. The first-order chi connectivity index (χ1) is 13.5. The molecule has 8 heteroatoms. The zero-order chi connectivity index (χ0) is 20.1. The van der Waals surface area contributed by atoms with Crippen LogP contribution in [0.2, 0.25) is 0 Å². The lowest BCUT2D eigenvalue weighted by Gasteiger charge is -2.05. The molecule has 0 atom stereocenters. The first-order valence-corrected chi connectivity index (χ1v) is 11.0. The summed E-state index contributed by atoms with van der Waals surface area (Å²) in [6.45, 7) is 8.70. The molecule has 2 aromatic heterocycles. The van der Waals surface area contributed by atoms with Crippen LogP contribution in [0.25, 0.3) is 10.6 Å². The second kappa shape index (κ2) is 9.25. The Morgan fingerprint density at radius 3 is 2.46 bits per heavy atom. The van der Waals surface area contributed by atoms with Gasteiger partial charge in [-0.25, -0.2) is 4.98 Å². The number of hydrogen-bond acceptors (Lipinski definition) is 7. The van der Waals surface area contributed by atoms with Crippen molar-refractivity contribution in [3.8, 4) is 16.3 Å². The molecule has 1 N–H and O–H groups in total. The summed E-state index contributed by atoms with van der Waals surface area (Å²) in [6.07, 6.45) is 2.02. The number of benzene rings is 1. The van der Waals surface area contributed by atoms with E-state index in [9.17, 15) is 4.79 Å². The van der Waals surface area contributed by atoms with Crippen LogP contribution in [0.1, 0.15) is 59.9 Å². The normalized spacial score (nSPS) is 11.0. The van der Waals surface area contributed by atoms with Crippen LogP contribution in [0.15, 0.2) is 24.3 Å². The largest absolute Gasteiger partial charge is 0.494 e. The Kier molecular flexibility index (Phi) is 6.74. The standard InChI is InChI=1S/C20H24N4O2S2/c1-5-13(6-2)19-23-24-20(28-19)22-17(25)16-12(4)21-18(27-16)14-8-10-15(11-9-14)26-7-3/h8-11,13H,5-7H2,1-4H3,(H,22,24,25). The molecule has 6 nitrogen and oxygen atoms in total. The van der Waals surface area contributed by atoms with Gasteiger partial charge in [0.1, 0.15) is 20.6 Å². The maximum Gasteiger partial charge on any atom is 0.269 e. The van der Waals surface area contributed by atoms with Crippen LogP contribution in [0.4, 0.5) is 5.13 Å². The molecule has 28 heavy (non-hydrogen) atoms. The number of carbonyl (C=O) groups is 1. The third-order valence-corrected chi connectivity index (χ3v) is 6.62. The summed E-state index contributed by atoms with van der Waals surface area (Å²) in [5.41, 5.74) is 1.67. The molecule has 0 aliphatic carbocycles. The minimum atomic E-state index is -0.195. The fourth-order valence-corrected chi connectivity index (χ4v) is 4.80. The number of nitrogens with zero attached hydrogens (tertiary/aromatic N) is 3. The summed E-state index contributed by atoms with van der Waals surface area (Å²) in [5.74, 6) is 1.01. The molecule has 3 aromatic rings. The fourth-order valence-electron chi connectivity index (χ4n) is 2.83. The van der Waals surface area contributed by atoms with Gasteiger partial charge in [-0.3, -0.25) is 10.1 Å². The van der Waals surface area contributed by atoms with Crippen molar-refractivity contribution >= 4 is 33.7 Å². The van der Waals surface area contributed by atoms with E-state index in [1.165, 1.54) is 22.7 Å². The fraction of sp³-hybridized carbons (Fsp3) is 0.400. The maximum atomic E-state index is 12.7. The van der Waals surface area contributed by atoms with Gasteiger partial charge in [-0.2, -0.15) is 0 Å². The van der Waals surface area contributed by atoms with E-state index in [4.69, 9.17) is 4.74 Å². The van der Waals surface area contributed by atoms with Crippen molar-refractivity contribution in [3.63, 3.8) is 0 Å². The molecular formula is C20H24N4O2S2. The predicted molar refractivity (Wildman–Crippen MR) is 115 cm³/mol. The van der Waals surface area contributed by atoms with Crippen molar-refractivity contribution in [2.75, 3.05) is 11.9 Å². The number of thiazole rings is 1. The van der Waals surface area contributed by atoms with Gasteiger partial charge in [0, 0.05) is 11.5 Å². The quantitative estimate of drug-likeness (QED) is 0.523. The molecule has 0 saturated heterocycles. The molecule has 1 amide bonds. The van der Waals surface area contributed by atoms with Crippen LogP contribution >= 0.6 is 22.7 Å². The van der Waals surface area contributed by atoms with Crippen molar-refractivity contribution in [1.29, 1.82) is 0 Å². The van der Waals surface area contributed by atoms with Gasteiger partial charge in [-0.15, -0.1) is 21.5 Å². The molecule has 1 aromatic carbocycles. The van der Waals surface area contributed by atoms with E-state index in [0.717, 1.165) is 34.2 Å². The number of anilines is 1. The Bertz CT molecular complexity index is 930. The molecule has 0 radical (unpaired) electrons. The lowest BCUT2D eigenvalue weighted by atomic mass is 10.1. The van der Waals surface area contributed by atoms with E-state index in [1.807, 2.05) is 38.1 Å². The molecule has 0 aliphatic heterocycles. The van der Waals surface area contributed by atoms with E-state index in [0.29, 0.717) is 28.2 Å². The predicted octanol–water partition coefficient (Wildman–Crippen LogP) is 5.52. The van der Waals surface area contributed by atoms with Gasteiger partial charge in [-0.1, -0.05) is 25.2 Å². The van der Waals surface area contributed by atoms with Crippen LogP contribution in [0, 0.1) is 6.92 Å². The zero-order valence-electron chi connectivity index (χ0n) is 16.5. The SMILES string of the molecule is CCOc1ccc(-c2nc(C)c(C(=O)Nc3nnc(C(CC)CC)s3)s2)cc1. The van der Waals surface area contributed by atoms with Gasteiger partial charge in [0.05, 0.1) is 12.3 Å². The number of carbonyl (C=O) groups excluding carboxylic acids is 1. The van der Waals surface area contributed by atoms with Crippen LogP contribution in [-0.2, 0) is 0 Å². The number of aryl methyl sites for hydroxylation is 1. The van der Waals surface area contributed by atoms with Crippen LogP contribution < -0.4 is 10.1 Å². The molecular weight excluding hydrogens is 392 g/mol. The molecule has 0 aliphatic rings. The number of nitrogens with one attached hydrogen (secondary N) is 1. The van der Waals surface area contributed by atoms with E-state index in [2.05, 4.69) is 34.3 Å². The Morgan fingerprint density at radius 1 is 1.11 bits per heavy atom. The Morgan fingerprint density at radius 2 is 1.82 bits per heavy atom. The van der Waals surface area contributed by atoms with Gasteiger partial charge in [-0.05, 0) is 51.0 Å². The van der Waals surface area contributed by atoms with Crippen LogP contribution in [0.5, 0.6) is 5.75 Å². The minimum Gasteiger partial charge on any atom is -0.494 e. The number of hydrogen-bond donors (Lipinski definition) is 1. The van der Waals surface area contributed by atoms with Crippen molar-refractivity contribution in [3.05, 3.63) is 39.8 Å². The minimum absolute atomic E-state index is 0.195. The molecule has 3 rings (SSSR count). The second-order valence-corrected chi connectivity index (χ2v) is 8.31. The van der Waals surface area contributed by atoms with Gasteiger partial charge in [0.15, 0.2) is 0 Å². The van der Waals surface area contributed by atoms with Crippen LogP contribution in [-0.4, -0.2) is 27.7 Å². The summed E-state index contributed by atoms with van der Waals surface area (Å²) in [4.78, 5) is 17.9. The van der Waals surface area contributed by atoms with Gasteiger partial charge >= 0.3 is 0 Å². The summed E-state index contributed by atoms with van der Waals surface area (Å²) in [7, 11) is 0. The molecule has 0 unspecified atom stereocenters. The molecule has 0 fully saturated rings. The summed E-state index contributed by atoms with van der Waals surface area (Å²) in [6, 6.07) is 7.74. The van der Waals surface area contributed by atoms with E-state index in [-0.39, 0.29) is 5.91 Å². The molecule has 2 heterocycles. The highest BCUT2D eigenvalue weighted by Crippen LogP contribution is 2.31. The van der Waals surface area contributed by atoms with Crippen molar-refractivity contribution < 1.29 is 9.53 Å². The highest BCUT2D eigenvalue weighted by molar-refractivity contribution is 7.17. The second-order valence-electron chi connectivity index (χ2n) is 6.30. The van der Waals surface area contributed by atoms with Gasteiger partial charge in [0.2, 0.25) is 5.13 Å². The van der Waals surface area contributed by atoms with E-state index < -0.39 is 0 Å². The average molecular weight is 417 g/mol. The Balaban J connectivity index is 1.74. The Labute approximate surface area is 173 Å². The lowest BCUT2D eigenvalue weighted by Crippen LogP contribution is -2.11. The highest BCUT2D eigenvalue weighted by Gasteiger charge is 2.19. The molecule has 0 saturated carbocycles. The average Bonchev–Trinajstić information content (AvgIpc) is 3.30. The molecule has 0 bridgehead atoms. The van der Waals surface area contributed by atoms with Crippen molar-refractivity contribution in [1.82, 2.24) is 15.2 Å². The monoisotopic (exact) mass is 416 g/mol. The number of ether oxygens (including phenoxy) is 1. The molecule has 0 spiro atoms. The third-order valence-electron chi connectivity index (χ3n) is 4.41. The smallest absolute Gasteiger partial charge is 0.269 e. The molecule has 148 valence electrons. The van der Waals surface area contributed by atoms with Crippen molar-refractivity contribution in [2.45, 2.75) is 46.5 Å². The van der Waals surface area contributed by atoms with Gasteiger partial charge in [0.25, 0.3) is 5.91 Å². The van der Waals surface area contributed by atoms with Gasteiger partial charge < -0.3 is 4.74 Å². The third kappa shape index (κ3) is 4.56. The highest BCUT2D eigenvalue weighted by atomic mass is 32.1. The number of amides is 1. The Hall–Kier alpha value is -2.32. The zero-order valence-corrected chi connectivity index (χ0v) is 18.1.